The van der Waals surface area contributed by atoms with Gasteiger partial charge in [-0.15, -0.1) is 0 Å². The quantitative estimate of drug-likeness (QED) is 0.510. The van der Waals surface area contributed by atoms with E-state index in [1.54, 1.807) is 0 Å². The number of Topliss-reactive ketones (excluding diaryl/α,β-unsaturated/α-hetero) is 3. The Labute approximate surface area is 138 Å². The number of hydrogen-bond acceptors (Lipinski definition) is 6. The fraction of sp³-hybridized carbons (Fsp3) is 0.471. The van der Waals surface area contributed by atoms with Gasteiger partial charge in [-0.2, -0.15) is 0 Å². The summed E-state index contributed by atoms with van der Waals surface area (Å²) in [4.78, 5) is 47.0. The van der Waals surface area contributed by atoms with Crippen LogP contribution in [0.3, 0.4) is 0 Å². The predicted octanol–water partition coefficient (Wildman–Crippen LogP) is 1.81. The highest BCUT2D eigenvalue weighted by Gasteiger charge is 2.53. The Morgan fingerprint density at radius 2 is 1.92 bits per heavy atom. The van der Waals surface area contributed by atoms with Crippen molar-refractivity contribution in [1.29, 1.82) is 0 Å². The van der Waals surface area contributed by atoms with Gasteiger partial charge >= 0.3 is 0 Å². The first-order valence-electron chi connectivity index (χ1n) is 7.56. The third-order valence-electron chi connectivity index (χ3n) is 4.61. The lowest BCUT2D eigenvalue weighted by atomic mass is 9.60. The fourth-order valence-electron chi connectivity index (χ4n) is 3.75. The van der Waals surface area contributed by atoms with Gasteiger partial charge in [-0.3, -0.25) is 24.5 Å². The molecule has 0 bridgehead atoms. The van der Waals surface area contributed by atoms with Gasteiger partial charge in [-0.05, 0) is 26.3 Å². The van der Waals surface area contributed by atoms with Crippen molar-refractivity contribution in [2.75, 3.05) is 0 Å². The maximum atomic E-state index is 12.4. The molecule has 0 heterocycles. The van der Waals surface area contributed by atoms with E-state index in [-0.39, 0.29) is 17.9 Å². The van der Waals surface area contributed by atoms with Crippen LogP contribution in [-0.2, 0) is 14.4 Å². The normalized spacial score (nSPS) is 30.0. The van der Waals surface area contributed by atoms with Gasteiger partial charge in [0, 0.05) is 24.5 Å². The number of hydrogen-bond donors (Lipinski definition) is 1. The molecule has 0 radical (unpaired) electrons. The van der Waals surface area contributed by atoms with Gasteiger partial charge < -0.3 is 5.11 Å². The number of nitrogens with zero attached hydrogens (tertiary/aromatic N) is 1. The topological polar surface area (TPSA) is 115 Å². The van der Waals surface area contributed by atoms with Crippen molar-refractivity contribution in [1.82, 2.24) is 0 Å². The number of rotatable bonds is 4. The van der Waals surface area contributed by atoms with E-state index in [0.29, 0.717) is 5.56 Å². The summed E-state index contributed by atoms with van der Waals surface area (Å²) in [5.41, 5.74) is -1.47. The molecular weight excluding hydrogens is 314 g/mol. The molecule has 24 heavy (non-hydrogen) atoms. The van der Waals surface area contributed by atoms with E-state index >= 15 is 0 Å². The lowest BCUT2D eigenvalue weighted by Crippen LogP contribution is -2.53. The molecule has 7 nitrogen and oxygen atoms in total. The Balaban J connectivity index is 2.67. The molecule has 0 spiro atoms. The predicted molar refractivity (Wildman–Crippen MR) is 84.4 cm³/mol. The summed E-state index contributed by atoms with van der Waals surface area (Å²) in [6.45, 7) is 3.93. The van der Waals surface area contributed by atoms with Crippen LogP contribution >= 0.6 is 0 Å². The maximum Gasteiger partial charge on any atom is 0.269 e. The number of carbonyl (C=O) groups excluding carboxylic acids is 3. The highest BCUT2D eigenvalue weighted by atomic mass is 16.6. The molecule has 128 valence electrons. The molecule has 1 N–H and O–H groups in total. The van der Waals surface area contributed by atoms with Crippen LogP contribution in [-0.4, -0.2) is 33.0 Å². The van der Waals surface area contributed by atoms with Gasteiger partial charge in [0.25, 0.3) is 5.69 Å². The summed E-state index contributed by atoms with van der Waals surface area (Å²) in [6, 6.07) is 5.52. The van der Waals surface area contributed by atoms with Crippen LogP contribution in [0.4, 0.5) is 5.69 Å². The molecule has 1 fully saturated rings. The van der Waals surface area contributed by atoms with Crippen molar-refractivity contribution in [3.63, 3.8) is 0 Å². The number of nitro benzene ring substituents is 1. The zero-order valence-corrected chi connectivity index (χ0v) is 13.7. The van der Waals surface area contributed by atoms with E-state index in [2.05, 4.69) is 0 Å². The van der Waals surface area contributed by atoms with Gasteiger partial charge in [0.15, 0.2) is 0 Å². The molecule has 0 unspecified atom stereocenters. The van der Waals surface area contributed by atoms with E-state index < -0.39 is 39.8 Å². The number of non-ortho nitro benzene ring substituents is 1. The first kappa shape index (κ1) is 17.9. The highest BCUT2D eigenvalue weighted by Crippen LogP contribution is 2.46. The Hall–Kier alpha value is -2.41. The van der Waals surface area contributed by atoms with Crippen LogP contribution in [0.5, 0.6) is 0 Å². The number of ketones is 3. The first-order valence-corrected chi connectivity index (χ1v) is 7.56. The molecule has 1 aromatic carbocycles. The zero-order valence-electron chi connectivity index (χ0n) is 13.7. The van der Waals surface area contributed by atoms with Gasteiger partial charge in [-0.1, -0.05) is 12.1 Å². The number of aliphatic hydroxyl groups is 1. The minimum absolute atomic E-state index is 0.199. The maximum absolute atomic E-state index is 12.4. The van der Waals surface area contributed by atoms with E-state index in [9.17, 15) is 29.6 Å². The minimum atomic E-state index is -1.61. The Morgan fingerprint density at radius 3 is 2.42 bits per heavy atom. The molecule has 0 amide bonds. The van der Waals surface area contributed by atoms with Crippen LogP contribution in [0.15, 0.2) is 24.3 Å². The standard InChI is InChI=1S/C17H19NO6/c1-9(19)14-13(21)8-17(3,22)16(10(2)20)15(14)11-5-4-6-12(7-11)18(23)24/h4-7,14-16,22H,8H2,1-3H3/t14-,15-,16+,17+/m1/s1. The van der Waals surface area contributed by atoms with Crippen molar-refractivity contribution in [3.8, 4) is 0 Å². The van der Waals surface area contributed by atoms with Crippen LogP contribution in [0.25, 0.3) is 0 Å². The van der Waals surface area contributed by atoms with Crippen molar-refractivity contribution in [2.24, 2.45) is 11.8 Å². The zero-order chi connectivity index (χ0) is 18.2. The second-order valence-electron chi connectivity index (χ2n) is 6.55. The fourth-order valence-corrected chi connectivity index (χ4v) is 3.75. The average molecular weight is 333 g/mol. The summed E-state index contributed by atoms with van der Waals surface area (Å²) < 4.78 is 0. The number of benzene rings is 1. The minimum Gasteiger partial charge on any atom is -0.389 e. The molecule has 0 aromatic heterocycles. The van der Waals surface area contributed by atoms with Gasteiger partial charge in [0.1, 0.15) is 17.3 Å². The molecule has 2 rings (SSSR count). The molecule has 7 heteroatoms. The van der Waals surface area contributed by atoms with E-state index in [1.807, 2.05) is 0 Å². The van der Waals surface area contributed by atoms with E-state index in [1.165, 1.54) is 45.0 Å². The molecule has 4 atom stereocenters. The number of carbonyl (C=O) groups is 3. The van der Waals surface area contributed by atoms with Crippen LogP contribution in [0.1, 0.15) is 38.7 Å². The Bertz CT molecular complexity index is 724. The van der Waals surface area contributed by atoms with Crippen molar-refractivity contribution < 1.29 is 24.4 Å². The van der Waals surface area contributed by atoms with Gasteiger partial charge in [0.2, 0.25) is 0 Å². The summed E-state index contributed by atoms with van der Waals surface area (Å²) in [6.07, 6.45) is -0.299. The van der Waals surface area contributed by atoms with Crippen LogP contribution in [0, 0.1) is 22.0 Å². The summed E-state index contributed by atoms with van der Waals surface area (Å²) in [5, 5.41) is 21.6. The Morgan fingerprint density at radius 1 is 1.29 bits per heavy atom. The Kier molecular flexibility index (Phi) is 4.66. The van der Waals surface area contributed by atoms with Crippen LogP contribution in [0.2, 0.25) is 0 Å². The molecule has 1 aromatic rings. The summed E-state index contributed by atoms with van der Waals surface area (Å²) in [5.74, 6) is -4.25. The SMILES string of the molecule is CC(=O)[C@@H]1C(=O)C[C@](C)(O)[C@@H](C(C)=O)[C@@H]1c1cccc([N+](=O)[O-])c1. The summed E-state index contributed by atoms with van der Waals surface area (Å²) in [7, 11) is 0. The van der Waals surface area contributed by atoms with Crippen molar-refractivity contribution in [2.45, 2.75) is 38.7 Å². The lowest BCUT2D eigenvalue weighted by molar-refractivity contribution is -0.385. The average Bonchev–Trinajstić information content (AvgIpc) is 2.44. The second kappa shape index (κ2) is 6.24. The molecule has 1 saturated carbocycles. The van der Waals surface area contributed by atoms with E-state index in [4.69, 9.17) is 0 Å². The van der Waals surface area contributed by atoms with Crippen molar-refractivity contribution in [3.05, 3.63) is 39.9 Å². The van der Waals surface area contributed by atoms with Gasteiger partial charge in [-0.25, -0.2) is 0 Å². The summed E-state index contributed by atoms with van der Waals surface area (Å²) >= 11 is 0. The highest BCUT2D eigenvalue weighted by molar-refractivity contribution is 6.05. The molecule has 0 saturated heterocycles. The number of nitro groups is 1. The van der Waals surface area contributed by atoms with E-state index in [0.717, 1.165) is 0 Å². The molecule has 1 aliphatic carbocycles. The monoisotopic (exact) mass is 333 g/mol. The lowest BCUT2D eigenvalue weighted by Gasteiger charge is -2.44. The third-order valence-corrected chi connectivity index (χ3v) is 4.61. The largest absolute Gasteiger partial charge is 0.389 e. The third kappa shape index (κ3) is 3.12. The van der Waals surface area contributed by atoms with Crippen molar-refractivity contribution >= 4 is 23.0 Å². The van der Waals surface area contributed by atoms with Crippen LogP contribution < -0.4 is 0 Å². The smallest absolute Gasteiger partial charge is 0.269 e. The second-order valence-corrected chi connectivity index (χ2v) is 6.55. The molecular formula is C17H19NO6. The van der Waals surface area contributed by atoms with Gasteiger partial charge in [0.05, 0.1) is 22.4 Å². The molecule has 0 aliphatic heterocycles. The molecule has 1 aliphatic rings. The first-order chi connectivity index (χ1) is 11.1.